The van der Waals surface area contributed by atoms with E-state index in [2.05, 4.69) is 5.32 Å². The van der Waals surface area contributed by atoms with Crippen LogP contribution in [0.3, 0.4) is 0 Å². The fraction of sp³-hybridized carbons (Fsp3) is 0.857. The predicted molar refractivity (Wildman–Crippen MR) is 38.2 cm³/mol. The van der Waals surface area contributed by atoms with Gasteiger partial charge in [0.05, 0.1) is 6.54 Å². The van der Waals surface area contributed by atoms with Gasteiger partial charge in [0.25, 0.3) is 6.43 Å². The van der Waals surface area contributed by atoms with Crippen LogP contribution < -0.4 is 5.32 Å². The molecule has 0 saturated heterocycles. The lowest BCUT2D eigenvalue weighted by atomic mass is 10.2. The molecular formula is C7H11F2NO2. The third-order valence-electron chi connectivity index (χ3n) is 1.85. The van der Waals surface area contributed by atoms with Gasteiger partial charge in [-0.05, 0) is 18.8 Å². The van der Waals surface area contributed by atoms with Gasteiger partial charge < -0.3 is 5.11 Å². The number of aliphatic carboxylic acids is 1. The molecule has 1 rings (SSSR count). The first-order valence-corrected chi connectivity index (χ1v) is 3.85. The molecule has 3 nitrogen and oxygen atoms in total. The highest BCUT2D eigenvalue weighted by Crippen LogP contribution is 2.32. The van der Waals surface area contributed by atoms with Crippen LogP contribution in [-0.4, -0.2) is 30.1 Å². The number of hydrogen-bond acceptors (Lipinski definition) is 2. The van der Waals surface area contributed by atoms with Gasteiger partial charge in [-0.3, -0.25) is 10.1 Å². The van der Waals surface area contributed by atoms with Crippen LogP contribution in [0.2, 0.25) is 0 Å². The van der Waals surface area contributed by atoms with E-state index in [0.29, 0.717) is 0 Å². The third-order valence-corrected chi connectivity index (χ3v) is 1.85. The fourth-order valence-electron chi connectivity index (χ4n) is 1.10. The number of carbonyl (C=O) groups is 1. The molecule has 0 bridgehead atoms. The van der Waals surface area contributed by atoms with Gasteiger partial charge in [0.1, 0.15) is 6.04 Å². The number of carboxylic acid groups (broad SMARTS) is 1. The van der Waals surface area contributed by atoms with E-state index in [1.807, 2.05) is 0 Å². The van der Waals surface area contributed by atoms with Crippen molar-refractivity contribution in [1.82, 2.24) is 5.32 Å². The largest absolute Gasteiger partial charge is 0.480 e. The molecule has 0 aromatic heterocycles. The Bertz CT molecular complexity index is 171. The van der Waals surface area contributed by atoms with Gasteiger partial charge >= 0.3 is 5.97 Å². The summed E-state index contributed by atoms with van der Waals surface area (Å²) in [6.45, 7) is -0.534. The number of nitrogens with one attached hydrogen (secondary N) is 1. The van der Waals surface area contributed by atoms with Crippen LogP contribution in [0.4, 0.5) is 8.78 Å². The van der Waals surface area contributed by atoms with Crippen molar-refractivity contribution in [2.45, 2.75) is 25.3 Å². The van der Waals surface area contributed by atoms with E-state index < -0.39 is 25.0 Å². The van der Waals surface area contributed by atoms with Gasteiger partial charge in [0.15, 0.2) is 0 Å². The summed E-state index contributed by atoms with van der Waals surface area (Å²) in [5, 5.41) is 10.9. The Kier molecular flexibility index (Phi) is 2.97. The van der Waals surface area contributed by atoms with E-state index in [0.717, 1.165) is 12.8 Å². The van der Waals surface area contributed by atoms with Crippen molar-refractivity contribution in [3.05, 3.63) is 0 Å². The van der Waals surface area contributed by atoms with E-state index in [9.17, 15) is 13.6 Å². The van der Waals surface area contributed by atoms with Crippen LogP contribution in [-0.2, 0) is 4.79 Å². The van der Waals surface area contributed by atoms with Crippen LogP contribution in [0.15, 0.2) is 0 Å². The SMILES string of the molecule is O=C(O)C(NCC(F)F)C1CC1. The number of rotatable bonds is 5. The van der Waals surface area contributed by atoms with E-state index in [1.54, 1.807) is 0 Å². The molecule has 0 spiro atoms. The molecule has 5 heteroatoms. The van der Waals surface area contributed by atoms with Crippen LogP contribution >= 0.6 is 0 Å². The summed E-state index contributed by atoms with van der Waals surface area (Å²) in [6, 6.07) is -0.779. The van der Waals surface area contributed by atoms with Gasteiger partial charge in [0.2, 0.25) is 0 Å². The van der Waals surface area contributed by atoms with Gasteiger partial charge in [-0.15, -0.1) is 0 Å². The van der Waals surface area contributed by atoms with E-state index in [-0.39, 0.29) is 5.92 Å². The average Bonchev–Trinajstić information content (AvgIpc) is 2.69. The maximum atomic E-state index is 11.7. The molecule has 70 valence electrons. The van der Waals surface area contributed by atoms with Crippen LogP contribution in [0.5, 0.6) is 0 Å². The number of alkyl halides is 2. The normalized spacial score (nSPS) is 19.6. The van der Waals surface area contributed by atoms with Crippen molar-refractivity contribution in [2.24, 2.45) is 5.92 Å². The maximum absolute atomic E-state index is 11.7. The molecule has 1 unspecified atom stereocenters. The Morgan fingerprint density at radius 3 is 2.50 bits per heavy atom. The summed E-state index contributed by atoms with van der Waals surface area (Å²) in [6.07, 6.45) is -0.828. The molecule has 12 heavy (non-hydrogen) atoms. The average molecular weight is 179 g/mol. The Morgan fingerprint density at radius 1 is 1.58 bits per heavy atom. The summed E-state index contributed by atoms with van der Waals surface area (Å²) in [5.41, 5.74) is 0. The maximum Gasteiger partial charge on any atom is 0.320 e. The van der Waals surface area contributed by atoms with Crippen molar-refractivity contribution >= 4 is 5.97 Å². The second kappa shape index (κ2) is 3.80. The lowest BCUT2D eigenvalue weighted by Crippen LogP contribution is -2.40. The van der Waals surface area contributed by atoms with E-state index in [4.69, 9.17) is 5.11 Å². The van der Waals surface area contributed by atoms with Crippen LogP contribution in [0.25, 0.3) is 0 Å². The van der Waals surface area contributed by atoms with Crippen molar-refractivity contribution in [3.63, 3.8) is 0 Å². The predicted octanol–water partition coefficient (Wildman–Crippen LogP) is 0.704. The summed E-state index contributed by atoms with van der Waals surface area (Å²) in [4.78, 5) is 10.5. The van der Waals surface area contributed by atoms with E-state index in [1.165, 1.54) is 0 Å². The molecule has 1 atom stereocenters. The first kappa shape index (κ1) is 9.38. The molecule has 2 N–H and O–H groups in total. The minimum absolute atomic E-state index is 0.0567. The van der Waals surface area contributed by atoms with Crippen LogP contribution in [0.1, 0.15) is 12.8 Å². The molecule has 0 aromatic rings. The highest BCUT2D eigenvalue weighted by atomic mass is 19.3. The lowest BCUT2D eigenvalue weighted by molar-refractivity contribution is -0.140. The zero-order valence-corrected chi connectivity index (χ0v) is 6.46. The van der Waals surface area contributed by atoms with Gasteiger partial charge in [-0.1, -0.05) is 0 Å². The third kappa shape index (κ3) is 2.73. The lowest BCUT2D eigenvalue weighted by Gasteiger charge is -2.12. The molecular weight excluding hydrogens is 168 g/mol. The quantitative estimate of drug-likeness (QED) is 0.653. The zero-order valence-electron chi connectivity index (χ0n) is 6.46. The standard InChI is InChI=1S/C7H11F2NO2/c8-5(9)3-10-6(7(11)12)4-1-2-4/h4-6,10H,1-3H2,(H,11,12). The summed E-state index contributed by atoms with van der Waals surface area (Å²) in [7, 11) is 0. The first-order chi connectivity index (χ1) is 5.61. The number of halogens is 2. The zero-order chi connectivity index (χ0) is 9.14. The molecule has 0 amide bonds. The van der Waals surface area contributed by atoms with E-state index >= 15 is 0 Å². The van der Waals surface area contributed by atoms with Crippen molar-refractivity contribution in [3.8, 4) is 0 Å². The smallest absolute Gasteiger partial charge is 0.320 e. The number of hydrogen-bond donors (Lipinski definition) is 2. The summed E-state index contributed by atoms with van der Waals surface area (Å²) < 4.78 is 23.4. The first-order valence-electron chi connectivity index (χ1n) is 3.85. The second-order valence-electron chi connectivity index (χ2n) is 2.95. The van der Waals surface area contributed by atoms with Crippen LogP contribution in [0, 0.1) is 5.92 Å². The highest BCUT2D eigenvalue weighted by Gasteiger charge is 2.36. The molecule has 1 fully saturated rings. The molecule has 1 saturated carbocycles. The monoisotopic (exact) mass is 179 g/mol. The second-order valence-corrected chi connectivity index (χ2v) is 2.95. The fourth-order valence-corrected chi connectivity index (χ4v) is 1.10. The minimum atomic E-state index is -2.48. The van der Waals surface area contributed by atoms with Gasteiger partial charge in [-0.2, -0.15) is 0 Å². The molecule has 0 heterocycles. The Labute approximate surface area is 68.8 Å². The highest BCUT2D eigenvalue weighted by molar-refractivity contribution is 5.74. The Morgan fingerprint density at radius 2 is 2.17 bits per heavy atom. The molecule has 1 aliphatic rings. The van der Waals surface area contributed by atoms with Gasteiger partial charge in [-0.25, -0.2) is 8.78 Å². The minimum Gasteiger partial charge on any atom is -0.480 e. The van der Waals surface area contributed by atoms with Crippen molar-refractivity contribution in [1.29, 1.82) is 0 Å². The molecule has 0 aromatic carbocycles. The molecule has 0 aliphatic heterocycles. The summed E-state index contributed by atoms with van der Waals surface area (Å²) >= 11 is 0. The topological polar surface area (TPSA) is 49.3 Å². The van der Waals surface area contributed by atoms with Crippen molar-refractivity contribution < 1.29 is 18.7 Å². The Balaban J connectivity index is 2.28. The summed E-state index contributed by atoms with van der Waals surface area (Å²) in [5.74, 6) is -0.973. The van der Waals surface area contributed by atoms with Gasteiger partial charge in [0, 0.05) is 0 Å². The Hall–Kier alpha value is -0.710. The molecule has 1 aliphatic carbocycles. The van der Waals surface area contributed by atoms with Crippen molar-refractivity contribution in [2.75, 3.05) is 6.54 Å². The molecule has 0 radical (unpaired) electrons. The number of carboxylic acids is 1.